The third-order valence-electron chi connectivity index (χ3n) is 1.08. The van der Waals surface area contributed by atoms with E-state index in [1.165, 1.54) is 0 Å². The molecule has 0 aliphatic heterocycles. The van der Waals surface area contributed by atoms with Crippen molar-refractivity contribution in [1.82, 2.24) is 0 Å². The Labute approximate surface area is 56.4 Å². The highest BCUT2D eigenvalue weighted by Crippen LogP contribution is 1.99. The number of allylic oxidation sites excluding steroid dienone is 1. The molecule has 9 heavy (non-hydrogen) atoms. The van der Waals surface area contributed by atoms with Crippen LogP contribution in [0.15, 0.2) is 12.7 Å². The second-order valence-corrected chi connectivity index (χ2v) is 1.90. The summed E-state index contributed by atoms with van der Waals surface area (Å²) in [6.07, 6.45) is 8.72. The molecule has 0 heterocycles. The molecule has 0 aromatic carbocycles. The Bertz CT molecular complexity index is 110. The lowest BCUT2D eigenvalue weighted by atomic mass is 10.1. The van der Waals surface area contributed by atoms with Gasteiger partial charge in [-0.1, -0.05) is 12.0 Å². The third kappa shape index (κ3) is 5.13. The number of terminal acetylenes is 1. The number of hydrogen-bond donors (Lipinski definition) is 1. The number of rotatable bonds is 4. The van der Waals surface area contributed by atoms with Crippen LogP contribution in [-0.4, -0.2) is 11.2 Å². The largest absolute Gasteiger partial charge is 0.380 e. The smallest absolute Gasteiger partial charge is 0.114 e. The average molecular weight is 124 g/mol. The zero-order valence-corrected chi connectivity index (χ0v) is 5.51. The molecule has 0 bridgehead atoms. The van der Waals surface area contributed by atoms with Crippen LogP contribution in [0.25, 0.3) is 0 Å². The Morgan fingerprint density at radius 1 is 1.78 bits per heavy atom. The summed E-state index contributed by atoms with van der Waals surface area (Å²) in [6.45, 7) is 3.55. The quantitative estimate of drug-likeness (QED) is 0.340. The minimum atomic E-state index is -0.565. The van der Waals surface area contributed by atoms with Crippen LogP contribution in [-0.2, 0) is 0 Å². The molecule has 0 aromatic rings. The van der Waals surface area contributed by atoms with Gasteiger partial charge in [0.05, 0.1) is 0 Å². The van der Waals surface area contributed by atoms with Crippen molar-refractivity contribution in [3.8, 4) is 12.3 Å². The number of hydrogen-bond acceptors (Lipinski definition) is 1. The first-order valence-electron chi connectivity index (χ1n) is 3.06. The van der Waals surface area contributed by atoms with Crippen LogP contribution in [0, 0.1) is 12.3 Å². The van der Waals surface area contributed by atoms with Crippen LogP contribution in [0.3, 0.4) is 0 Å². The Balaban J connectivity index is 3.08. The van der Waals surface area contributed by atoms with Crippen LogP contribution in [0.5, 0.6) is 0 Å². The van der Waals surface area contributed by atoms with E-state index in [0.29, 0.717) is 6.42 Å². The number of aliphatic hydroxyl groups excluding tert-OH is 1. The van der Waals surface area contributed by atoms with E-state index in [0.717, 1.165) is 12.8 Å². The highest BCUT2D eigenvalue weighted by molar-refractivity contribution is 4.93. The molecule has 50 valence electrons. The fourth-order valence-electron chi connectivity index (χ4n) is 0.539. The fourth-order valence-corrected chi connectivity index (χ4v) is 0.539. The Kier molecular flexibility index (Phi) is 4.95. The van der Waals surface area contributed by atoms with Gasteiger partial charge < -0.3 is 5.11 Å². The van der Waals surface area contributed by atoms with E-state index in [1.807, 2.05) is 6.08 Å². The van der Waals surface area contributed by atoms with Crippen LogP contribution in [0.2, 0.25) is 0 Å². The van der Waals surface area contributed by atoms with Crippen molar-refractivity contribution in [2.45, 2.75) is 25.4 Å². The first kappa shape index (κ1) is 8.26. The molecule has 0 amide bonds. The molecule has 0 saturated carbocycles. The Hall–Kier alpha value is -0.740. The summed E-state index contributed by atoms with van der Waals surface area (Å²) < 4.78 is 0. The van der Waals surface area contributed by atoms with Crippen LogP contribution in [0.1, 0.15) is 19.3 Å². The SMILES string of the molecule is C#CC(O)CCCC=C. The van der Waals surface area contributed by atoms with Crippen molar-refractivity contribution in [2.24, 2.45) is 0 Å². The van der Waals surface area contributed by atoms with Gasteiger partial charge >= 0.3 is 0 Å². The highest BCUT2D eigenvalue weighted by Gasteiger charge is 1.94. The zero-order valence-electron chi connectivity index (χ0n) is 5.51. The molecule has 0 saturated heterocycles. The van der Waals surface area contributed by atoms with E-state index in [4.69, 9.17) is 11.5 Å². The predicted molar refractivity (Wildman–Crippen MR) is 38.9 cm³/mol. The first-order valence-corrected chi connectivity index (χ1v) is 3.06. The van der Waals surface area contributed by atoms with E-state index in [9.17, 15) is 0 Å². The lowest BCUT2D eigenvalue weighted by Crippen LogP contribution is -2.00. The van der Waals surface area contributed by atoms with Crippen LogP contribution < -0.4 is 0 Å². The van der Waals surface area contributed by atoms with Gasteiger partial charge in [0, 0.05) is 0 Å². The van der Waals surface area contributed by atoms with E-state index in [2.05, 4.69) is 12.5 Å². The summed E-state index contributed by atoms with van der Waals surface area (Å²) >= 11 is 0. The Morgan fingerprint density at radius 2 is 2.44 bits per heavy atom. The molecule has 0 aliphatic rings. The molecule has 1 atom stereocenters. The minimum Gasteiger partial charge on any atom is -0.380 e. The summed E-state index contributed by atoms with van der Waals surface area (Å²) in [5.41, 5.74) is 0. The molecule has 1 unspecified atom stereocenters. The summed E-state index contributed by atoms with van der Waals surface area (Å²) in [5.74, 6) is 2.25. The van der Waals surface area contributed by atoms with Gasteiger partial charge in [0.2, 0.25) is 0 Å². The van der Waals surface area contributed by atoms with Gasteiger partial charge in [0.1, 0.15) is 6.10 Å². The maximum Gasteiger partial charge on any atom is 0.114 e. The van der Waals surface area contributed by atoms with Crippen molar-refractivity contribution < 1.29 is 5.11 Å². The molecular formula is C8H12O. The highest BCUT2D eigenvalue weighted by atomic mass is 16.3. The van der Waals surface area contributed by atoms with Gasteiger partial charge in [-0.2, -0.15) is 0 Å². The van der Waals surface area contributed by atoms with E-state index >= 15 is 0 Å². The van der Waals surface area contributed by atoms with E-state index in [-0.39, 0.29) is 0 Å². The second kappa shape index (κ2) is 5.40. The van der Waals surface area contributed by atoms with Crippen LogP contribution >= 0.6 is 0 Å². The van der Waals surface area contributed by atoms with Crippen molar-refractivity contribution >= 4 is 0 Å². The zero-order chi connectivity index (χ0) is 7.11. The molecule has 0 aliphatic carbocycles. The summed E-state index contributed by atoms with van der Waals surface area (Å²) in [6, 6.07) is 0. The van der Waals surface area contributed by atoms with Crippen molar-refractivity contribution in [3.63, 3.8) is 0 Å². The molecular weight excluding hydrogens is 112 g/mol. The maximum absolute atomic E-state index is 8.81. The third-order valence-corrected chi connectivity index (χ3v) is 1.08. The molecule has 1 N–H and O–H groups in total. The average Bonchev–Trinajstić information content (AvgIpc) is 1.89. The van der Waals surface area contributed by atoms with Gasteiger partial charge in [-0.25, -0.2) is 0 Å². The Morgan fingerprint density at radius 3 is 2.89 bits per heavy atom. The van der Waals surface area contributed by atoms with Crippen molar-refractivity contribution in [2.75, 3.05) is 0 Å². The normalized spacial score (nSPS) is 12.0. The van der Waals surface area contributed by atoms with Gasteiger partial charge in [0.25, 0.3) is 0 Å². The van der Waals surface area contributed by atoms with Gasteiger partial charge in [0.15, 0.2) is 0 Å². The molecule has 1 nitrogen and oxygen atoms in total. The van der Waals surface area contributed by atoms with Gasteiger partial charge in [-0.3, -0.25) is 0 Å². The standard InChI is InChI=1S/C8H12O/c1-3-5-6-7-8(9)4-2/h2-3,8-9H,1,5-7H2. The molecule has 0 rings (SSSR count). The lowest BCUT2D eigenvalue weighted by molar-refractivity contribution is 0.219. The summed E-state index contributed by atoms with van der Waals surface area (Å²) in [4.78, 5) is 0. The molecule has 1 heteroatoms. The topological polar surface area (TPSA) is 20.2 Å². The lowest BCUT2D eigenvalue weighted by Gasteiger charge is -1.98. The molecule has 0 spiro atoms. The monoisotopic (exact) mass is 124 g/mol. The van der Waals surface area contributed by atoms with Crippen LogP contribution in [0.4, 0.5) is 0 Å². The molecule has 0 fully saturated rings. The van der Waals surface area contributed by atoms with E-state index in [1.54, 1.807) is 0 Å². The molecule has 0 aromatic heterocycles. The number of aliphatic hydroxyl groups is 1. The minimum absolute atomic E-state index is 0.565. The van der Waals surface area contributed by atoms with Gasteiger partial charge in [-0.15, -0.1) is 13.0 Å². The summed E-state index contributed by atoms with van der Waals surface area (Å²) in [7, 11) is 0. The van der Waals surface area contributed by atoms with Crippen molar-refractivity contribution in [1.29, 1.82) is 0 Å². The maximum atomic E-state index is 8.81. The summed E-state index contributed by atoms with van der Waals surface area (Å²) in [5, 5.41) is 8.81. The van der Waals surface area contributed by atoms with Crippen molar-refractivity contribution in [3.05, 3.63) is 12.7 Å². The van der Waals surface area contributed by atoms with Gasteiger partial charge in [-0.05, 0) is 19.3 Å². The predicted octanol–water partition coefficient (Wildman–Crippen LogP) is 1.34. The molecule has 0 radical (unpaired) electrons. The first-order chi connectivity index (χ1) is 4.31. The second-order valence-electron chi connectivity index (χ2n) is 1.90. The number of unbranched alkanes of at least 4 members (excludes halogenated alkanes) is 1. The fraction of sp³-hybridized carbons (Fsp3) is 0.500. The van der Waals surface area contributed by atoms with E-state index < -0.39 is 6.10 Å².